The molecule has 3 N–H and O–H groups in total. The molecule has 5 heteroatoms. The number of nitrogens with zero attached hydrogens (tertiary/aromatic N) is 2. The molecule has 0 radical (unpaired) electrons. The van der Waals surface area contributed by atoms with E-state index < -0.39 is 0 Å². The Labute approximate surface area is 115 Å². The second-order valence-electron chi connectivity index (χ2n) is 4.92. The molecule has 0 amide bonds. The maximum Gasteiger partial charge on any atom is 0.134 e. The van der Waals surface area contributed by atoms with E-state index in [9.17, 15) is 0 Å². The molecule has 1 saturated heterocycles. The topological polar surface area (TPSA) is 55.4 Å². The van der Waals surface area contributed by atoms with E-state index in [1.807, 2.05) is 18.3 Å². The van der Waals surface area contributed by atoms with E-state index in [0.717, 1.165) is 41.1 Å². The molecule has 1 fully saturated rings. The summed E-state index contributed by atoms with van der Waals surface area (Å²) < 4.78 is 2.95. The predicted octanol–water partition coefficient (Wildman–Crippen LogP) is 2.22. The Morgan fingerprint density at radius 1 is 1.56 bits per heavy atom. The molecule has 0 aliphatic carbocycles. The van der Waals surface area contributed by atoms with Crippen LogP contribution < -0.4 is 11.1 Å². The van der Waals surface area contributed by atoms with Gasteiger partial charge in [-0.1, -0.05) is 0 Å². The lowest BCUT2D eigenvalue weighted by Gasteiger charge is -2.22. The highest BCUT2D eigenvalue weighted by Gasteiger charge is 2.18. The fraction of sp³-hybridized carbons (Fsp3) is 0.462. The number of fused-ring (bicyclic) bond motifs is 1. The normalized spacial score (nSPS) is 20.4. The summed E-state index contributed by atoms with van der Waals surface area (Å²) in [4.78, 5) is 4.62. The minimum Gasteiger partial charge on any atom is -0.397 e. The Balaban J connectivity index is 1.94. The number of imidazole rings is 1. The van der Waals surface area contributed by atoms with Crippen LogP contribution in [0.5, 0.6) is 0 Å². The van der Waals surface area contributed by atoms with Gasteiger partial charge in [0.05, 0.1) is 5.69 Å². The zero-order valence-corrected chi connectivity index (χ0v) is 11.8. The van der Waals surface area contributed by atoms with Crippen LogP contribution in [-0.4, -0.2) is 22.5 Å². The highest BCUT2D eigenvalue weighted by Crippen LogP contribution is 2.26. The van der Waals surface area contributed by atoms with E-state index >= 15 is 0 Å². The summed E-state index contributed by atoms with van der Waals surface area (Å²) in [5, 5.41) is 3.45. The Morgan fingerprint density at radius 3 is 3.22 bits per heavy atom. The third-order valence-electron chi connectivity index (χ3n) is 3.60. The fourth-order valence-electron chi connectivity index (χ4n) is 2.68. The summed E-state index contributed by atoms with van der Waals surface area (Å²) in [6, 6.07) is 3.88. The van der Waals surface area contributed by atoms with Gasteiger partial charge in [-0.15, -0.1) is 0 Å². The molecule has 2 aromatic heterocycles. The number of nitrogens with two attached hydrogens (primary N) is 1. The van der Waals surface area contributed by atoms with Crippen LogP contribution in [0.3, 0.4) is 0 Å². The highest BCUT2D eigenvalue weighted by atomic mass is 79.9. The summed E-state index contributed by atoms with van der Waals surface area (Å²) >= 11 is 3.51. The number of nitrogens with one attached hydrogen (secondary N) is 1. The smallest absolute Gasteiger partial charge is 0.134 e. The zero-order valence-electron chi connectivity index (χ0n) is 10.2. The molecule has 0 spiro atoms. The average Bonchev–Trinajstić information content (AvgIpc) is 2.69. The Bertz CT molecular complexity index is 557. The van der Waals surface area contributed by atoms with Crippen LogP contribution in [0, 0.1) is 5.92 Å². The van der Waals surface area contributed by atoms with Crippen molar-refractivity contribution < 1.29 is 0 Å². The number of hydrogen-bond donors (Lipinski definition) is 2. The molecule has 3 rings (SSSR count). The molecular formula is C13H17BrN4. The van der Waals surface area contributed by atoms with E-state index in [1.54, 1.807) is 0 Å². The second-order valence-corrected chi connectivity index (χ2v) is 5.67. The molecule has 0 saturated carbocycles. The monoisotopic (exact) mass is 308 g/mol. The van der Waals surface area contributed by atoms with Crippen LogP contribution >= 0.6 is 15.9 Å². The van der Waals surface area contributed by atoms with Gasteiger partial charge in [0, 0.05) is 12.6 Å². The molecule has 0 bridgehead atoms. The van der Waals surface area contributed by atoms with Crippen molar-refractivity contribution in [1.29, 1.82) is 0 Å². The molecular weight excluding hydrogens is 292 g/mol. The molecule has 96 valence electrons. The molecule has 18 heavy (non-hydrogen) atoms. The Hall–Kier alpha value is -1.07. The number of halogens is 1. The second kappa shape index (κ2) is 4.90. The van der Waals surface area contributed by atoms with E-state index in [-0.39, 0.29) is 0 Å². The summed E-state index contributed by atoms with van der Waals surface area (Å²) in [7, 11) is 0. The summed E-state index contributed by atoms with van der Waals surface area (Å²) in [6.45, 7) is 2.24. The standard InChI is InChI=1S/C13H17BrN4/c14-13-12-10(15)4-2-6-18(12)11(17-13)7-9-3-1-5-16-8-9/h2,4,6,9,16H,1,3,5,7-8,15H2. The van der Waals surface area contributed by atoms with Crippen molar-refractivity contribution in [2.24, 2.45) is 5.92 Å². The molecule has 1 atom stereocenters. The van der Waals surface area contributed by atoms with Crippen LogP contribution in [0.15, 0.2) is 22.9 Å². The van der Waals surface area contributed by atoms with Crippen LogP contribution in [-0.2, 0) is 6.42 Å². The zero-order chi connectivity index (χ0) is 12.5. The van der Waals surface area contributed by atoms with E-state index in [0.29, 0.717) is 5.92 Å². The molecule has 4 nitrogen and oxygen atoms in total. The minimum absolute atomic E-state index is 0.678. The van der Waals surface area contributed by atoms with Crippen molar-refractivity contribution in [2.45, 2.75) is 19.3 Å². The first kappa shape index (κ1) is 12.0. The van der Waals surface area contributed by atoms with Crippen molar-refractivity contribution in [3.8, 4) is 0 Å². The van der Waals surface area contributed by atoms with E-state index in [2.05, 4.69) is 30.6 Å². The predicted molar refractivity (Wildman–Crippen MR) is 76.6 cm³/mol. The average molecular weight is 309 g/mol. The maximum atomic E-state index is 6.00. The van der Waals surface area contributed by atoms with Crippen molar-refractivity contribution in [1.82, 2.24) is 14.7 Å². The van der Waals surface area contributed by atoms with Gasteiger partial charge in [-0.2, -0.15) is 0 Å². The van der Waals surface area contributed by atoms with Gasteiger partial charge in [-0.05, 0) is 59.9 Å². The number of hydrogen-bond acceptors (Lipinski definition) is 3. The molecule has 0 aromatic carbocycles. The van der Waals surface area contributed by atoms with Gasteiger partial charge in [-0.25, -0.2) is 4.98 Å². The fourth-order valence-corrected chi connectivity index (χ4v) is 3.30. The van der Waals surface area contributed by atoms with Crippen LogP contribution in [0.25, 0.3) is 5.52 Å². The summed E-state index contributed by atoms with van der Waals surface area (Å²) in [6.07, 6.45) is 5.58. The van der Waals surface area contributed by atoms with Gasteiger partial charge in [0.1, 0.15) is 15.9 Å². The quantitative estimate of drug-likeness (QED) is 0.894. The van der Waals surface area contributed by atoms with E-state index in [1.165, 1.54) is 12.8 Å². The first-order valence-corrected chi connectivity index (χ1v) is 7.16. The number of aromatic nitrogens is 2. The number of piperidine rings is 1. The lowest BCUT2D eigenvalue weighted by molar-refractivity contribution is 0.370. The maximum absolute atomic E-state index is 6.00. The number of pyridine rings is 1. The largest absolute Gasteiger partial charge is 0.397 e. The SMILES string of the molecule is Nc1cccn2c(CC3CCCNC3)nc(Br)c12. The lowest BCUT2D eigenvalue weighted by Crippen LogP contribution is -2.31. The van der Waals surface area contributed by atoms with Gasteiger partial charge >= 0.3 is 0 Å². The van der Waals surface area contributed by atoms with Gasteiger partial charge in [0.25, 0.3) is 0 Å². The van der Waals surface area contributed by atoms with Gasteiger partial charge < -0.3 is 15.5 Å². The molecule has 1 aliphatic heterocycles. The van der Waals surface area contributed by atoms with Crippen molar-refractivity contribution >= 4 is 27.1 Å². The molecule has 1 aliphatic rings. The number of rotatable bonds is 2. The Morgan fingerprint density at radius 2 is 2.44 bits per heavy atom. The Kier molecular flexibility index (Phi) is 3.26. The van der Waals surface area contributed by atoms with Gasteiger partial charge in [0.2, 0.25) is 0 Å². The van der Waals surface area contributed by atoms with Crippen LogP contribution in [0.2, 0.25) is 0 Å². The number of nitrogen functional groups attached to an aromatic ring is 1. The third-order valence-corrected chi connectivity index (χ3v) is 4.15. The first-order chi connectivity index (χ1) is 8.75. The van der Waals surface area contributed by atoms with Crippen molar-refractivity contribution in [3.63, 3.8) is 0 Å². The van der Waals surface area contributed by atoms with E-state index in [4.69, 9.17) is 5.73 Å². The third kappa shape index (κ3) is 2.12. The van der Waals surface area contributed by atoms with Crippen molar-refractivity contribution in [3.05, 3.63) is 28.8 Å². The molecule has 2 aromatic rings. The van der Waals surface area contributed by atoms with Gasteiger partial charge in [0.15, 0.2) is 0 Å². The molecule has 3 heterocycles. The van der Waals surface area contributed by atoms with Crippen LogP contribution in [0.1, 0.15) is 18.7 Å². The lowest BCUT2D eigenvalue weighted by atomic mass is 9.96. The first-order valence-electron chi connectivity index (χ1n) is 6.37. The summed E-state index contributed by atoms with van der Waals surface area (Å²) in [5.74, 6) is 1.77. The highest BCUT2D eigenvalue weighted by molar-refractivity contribution is 9.10. The molecule has 1 unspecified atom stereocenters. The van der Waals surface area contributed by atoms with Gasteiger partial charge in [-0.3, -0.25) is 0 Å². The minimum atomic E-state index is 0.678. The summed E-state index contributed by atoms with van der Waals surface area (Å²) in [5.41, 5.74) is 7.75. The van der Waals surface area contributed by atoms with Crippen molar-refractivity contribution in [2.75, 3.05) is 18.8 Å². The van der Waals surface area contributed by atoms with Crippen LogP contribution in [0.4, 0.5) is 5.69 Å². The number of anilines is 1.